The SMILES string of the molecule is CC(=O)Oc1cccc([C@@]23CCN(C)C[C@@]2(OC(C)=O)CC[C@@H](N(C)C(=O)CCCCCc2ccccc2)C3)c1. The highest BCUT2D eigenvalue weighted by atomic mass is 16.6. The lowest BCUT2D eigenvalue weighted by molar-refractivity contribution is -0.188. The molecule has 0 N–H and O–H groups in total. The van der Waals surface area contributed by atoms with E-state index in [-0.39, 0.29) is 23.9 Å². The fourth-order valence-electron chi connectivity index (χ4n) is 6.93. The van der Waals surface area contributed by atoms with Crippen LogP contribution in [0.1, 0.15) is 76.3 Å². The molecule has 2 aliphatic rings. The van der Waals surface area contributed by atoms with Crippen molar-refractivity contribution in [2.45, 2.75) is 88.7 Å². The van der Waals surface area contributed by atoms with Gasteiger partial charge in [-0.1, -0.05) is 48.9 Å². The minimum atomic E-state index is -0.724. The smallest absolute Gasteiger partial charge is 0.308 e. The van der Waals surface area contributed by atoms with E-state index in [0.717, 1.165) is 50.6 Å². The van der Waals surface area contributed by atoms with Crippen LogP contribution in [0, 0.1) is 0 Å². The van der Waals surface area contributed by atoms with Gasteiger partial charge in [-0.25, -0.2) is 0 Å². The van der Waals surface area contributed by atoms with Gasteiger partial charge in [0.1, 0.15) is 11.4 Å². The average Bonchev–Trinajstić information content (AvgIpc) is 2.92. The van der Waals surface area contributed by atoms with Gasteiger partial charge in [0.05, 0.1) is 0 Å². The Bertz CT molecular complexity index is 1180. The highest BCUT2D eigenvalue weighted by Gasteiger charge is 2.61. The zero-order valence-corrected chi connectivity index (χ0v) is 24.5. The van der Waals surface area contributed by atoms with Crippen molar-refractivity contribution in [3.05, 3.63) is 65.7 Å². The van der Waals surface area contributed by atoms with Crippen LogP contribution in [0.5, 0.6) is 5.75 Å². The standard InChI is InChI=1S/C33H44N2O5/c1-25(36)39-30-16-11-15-28(22-30)32-20-21-34(3)24-33(32,40-26(2)37)19-18-29(23-32)35(4)31(38)17-10-6-9-14-27-12-7-5-8-13-27/h5,7-8,11-13,15-16,22,29H,6,9-10,14,17-21,23-24H2,1-4H3/t29-,32+,33+/m1/s1. The number of amides is 1. The van der Waals surface area contributed by atoms with Gasteiger partial charge >= 0.3 is 11.9 Å². The van der Waals surface area contributed by atoms with E-state index in [4.69, 9.17) is 9.47 Å². The van der Waals surface area contributed by atoms with Gasteiger partial charge in [-0.15, -0.1) is 0 Å². The molecule has 1 aliphatic heterocycles. The first-order valence-electron chi connectivity index (χ1n) is 14.6. The summed E-state index contributed by atoms with van der Waals surface area (Å²) in [6.07, 6.45) is 7.44. The summed E-state index contributed by atoms with van der Waals surface area (Å²) in [5.41, 5.74) is 1.10. The molecule has 2 aromatic rings. The quantitative estimate of drug-likeness (QED) is 0.228. The number of benzene rings is 2. The largest absolute Gasteiger partial charge is 0.457 e. The second-order valence-electron chi connectivity index (χ2n) is 11.7. The molecular formula is C33H44N2O5. The first-order chi connectivity index (χ1) is 19.1. The molecule has 4 rings (SSSR count). The molecule has 0 unspecified atom stereocenters. The molecule has 1 saturated heterocycles. The van der Waals surface area contributed by atoms with E-state index in [9.17, 15) is 14.4 Å². The van der Waals surface area contributed by atoms with Gasteiger partial charge in [-0.3, -0.25) is 14.4 Å². The molecule has 1 saturated carbocycles. The third kappa shape index (κ3) is 6.74. The van der Waals surface area contributed by atoms with Gasteiger partial charge in [-0.2, -0.15) is 0 Å². The van der Waals surface area contributed by atoms with Crippen molar-refractivity contribution in [2.24, 2.45) is 0 Å². The van der Waals surface area contributed by atoms with Crippen molar-refractivity contribution in [3.63, 3.8) is 0 Å². The molecule has 1 heterocycles. The summed E-state index contributed by atoms with van der Waals surface area (Å²) in [6.45, 7) is 4.33. The lowest BCUT2D eigenvalue weighted by Crippen LogP contribution is -2.68. The Hall–Kier alpha value is -3.19. The summed E-state index contributed by atoms with van der Waals surface area (Å²) in [5, 5.41) is 0. The predicted molar refractivity (Wildman–Crippen MR) is 155 cm³/mol. The molecule has 3 atom stereocenters. The molecule has 0 aromatic heterocycles. The van der Waals surface area contributed by atoms with Gasteiger partial charge in [0.25, 0.3) is 0 Å². The zero-order chi connectivity index (χ0) is 28.8. The van der Waals surface area contributed by atoms with E-state index < -0.39 is 11.0 Å². The van der Waals surface area contributed by atoms with Crippen molar-refractivity contribution in [1.82, 2.24) is 9.80 Å². The Kier molecular flexibility index (Phi) is 9.67. The van der Waals surface area contributed by atoms with Gasteiger partial charge in [0, 0.05) is 45.3 Å². The number of ether oxygens (including phenoxy) is 2. The number of carbonyl (C=O) groups excluding carboxylic acids is 3. The van der Waals surface area contributed by atoms with Gasteiger partial charge in [0.15, 0.2) is 0 Å². The molecule has 216 valence electrons. The molecule has 1 aliphatic carbocycles. The number of likely N-dealkylation sites (N-methyl/N-ethyl adjacent to an activating group) is 1. The normalized spacial score (nSPS) is 24.6. The molecule has 0 spiro atoms. The molecule has 0 radical (unpaired) electrons. The van der Waals surface area contributed by atoms with Crippen LogP contribution in [0.15, 0.2) is 54.6 Å². The number of esters is 2. The van der Waals surface area contributed by atoms with E-state index in [1.54, 1.807) is 6.07 Å². The Morgan fingerprint density at radius 3 is 2.48 bits per heavy atom. The topological polar surface area (TPSA) is 76.2 Å². The summed E-state index contributed by atoms with van der Waals surface area (Å²) in [5.74, 6) is -0.0207. The Balaban J connectivity index is 1.51. The zero-order valence-electron chi connectivity index (χ0n) is 24.5. The highest BCUT2D eigenvalue weighted by Crippen LogP contribution is 2.54. The molecule has 2 fully saturated rings. The van der Waals surface area contributed by atoms with Gasteiger partial charge in [0.2, 0.25) is 5.91 Å². The van der Waals surface area contributed by atoms with Crippen LogP contribution in [0.25, 0.3) is 0 Å². The maximum atomic E-state index is 13.3. The molecule has 1 amide bonds. The second-order valence-corrected chi connectivity index (χ2v) is 11.7. The summed E-state index contributed by atoms with van der Waals surface area (Å²) in [7, 11) is 3.98. The number of hydrogen-bond donors (Lipinski definition) is 0. The molecule has 40 heavy (non-hydrogen) atoms. The molecule has 0 bridgehead atoms. The van der Waals surface area contributed by atoms with E-state index in [1.165, 1.54) is 19.4 Å². The van der Waals surface area contributed by atoms with Crippen LogP contribution < -0.4 is 4.74 Å². The third-order valence-corrected chi connectivity index (χ3v) is 8.91. The number of unbranched alkanes of at least 4 members (excludes halogenated alkanes) is 2. The van der Waals surface area contributed by atoms with Crippen LogP contribution >= 0.6 is 0 Å². The summed E-state index contributed by atoms with van der Waals surface area (Å²) in [6, 6.07) is 18.1. The van der Waals surface area contributed by atoms with Crippen LogP contribution in [0.4, 0.5) is 0 Å². The van der Waals surface area contributed by atoms with Gasteiger partial charge < -0.3 is 19.3 Å². The number of rotatable bonds is 10. The number of likely N-dealkylation sites (tertiary alicyclic amines) is 1. The number of aryl methyl sites for hydroxylation is 1. The van der Waals surface area contributed by atoms with Crippen molar-refractivity contribution in [1.29, 1.82) is 0 Å². The lowest BCUT2D eigenvalue weighted by Gasteiger charge is -2.59. The van der Waals surface area contributed by atoms with Crippen LogP contribution in [-0.4, -0.2) is 66.5 Å². The molecule has 2 aromatic carbocycles. The second kappa shape index (κ2) is 13.0. The fraction of sp³-hybridized carbons (Fsp3) is 0.545. The monoisotopic (exact) mass is 548 g/mol. The van der Waals surface area contributed by atoms with Crippen LogP contribution in [-0.2, 0) is 31.0 Å². The Morgan fingerprint density at radius 2 is 1.75 bits per heavy atom. The van der Waals surface area contributed by atoms with Crippen LogP contribution in [0.2, 0.25) is 0 Å². The molecule has 7 nitrogen and oxygen atoms in total. The van der Waals surface area contributed by atoms with E-state index in [1.807, 2.05) is 36.2 Å². The van der Waals surface area contributed by atoms with Crippen LogP contribution in [0.3, 0.4) is 0 Å². The Labute approximate surface area is 238 Å². The van der Waals surface area contributed by atoms with E-state index in [0.29, 0.717) is 31.6 Å². The molecular weight excluding hydrogens is 504 g/mol. The number of piperidine rings is 1. The minimum Gasteiger partial charge on any atom is -0.457 e. The maximum absolute atomic E-state index is 13.3. The molecule has 7 heteroatoms. The number of hydrogen-bond acceptors (Lipinski definition) is 6. The third-order valence-electron chi connectivity index (χ3n) is 8.91. The summed E-state index contributed by atoms with van der Waals surface area (Å²) in [4.78, 5) is 41.7. The fourth-order valence-corrected chi connectivity index (χ4v) is 6.93. The number of nitrogens with zero attached hydrogens (tertiary/aromatic N) is 2. The van der Waals surface area contributed by atoms with E-state index in [2.05, 4.69) is 36.2 Å². The summed E-state index contributed by atoms with van der Waals surface area (Å²) < 4.78 is 11.7. The van der Waals surface area contributed by atoms with Crippen molar-refractivity contribution in [3.8, 4) is 5.75 Å². The van der Waals surface area contributed by atoms with Gasteiger partial charge in [-0.05, 0) is 81.8 Å². The summed E-state index contributed by atoms with van der Waals surface area (Å²) >= 11 is 0. The highest BCUT2D eigenvalue weighted by molar-refractivity contribution is 5.76. The van der Waals surface area contributed by atoms with Crippen molar-refractivity contribution < 1.29 is 23.9 Å². The van der Waals surface area contributed by atoms with Crippen molar-refractivity contribution >= 4 is 17.8 Å². The lowest BCUT2D eigenvalue weighted by atomic mass is 9.55. The predicted octanol–water partition coefficient (Wildman–Crippen LogP) is 5.30. The minimum absolute atomic E-state index is 0.0290. The number of fused-ring (bicyclic) bond motifs is 1. The van der Waals surface area contributed by atoms with E-state index >= 15 is 0 Å². The first-order valence-corrected chi connectivity index (χ1v) is 14.6. The first kappa shape index (κ1) is 29.8. The average molecular weight is 549 g/mol. The maximum Gasteiger partial charge on any atom is 0.308 e. The number of carbonyl (C=O) groups is 3. The van der Waals surface area contributed by atoms with Crippen molar-refractivity contribution in [2.75, 3.05) is 27.2 Å². The Morgan fingerprint density at radius 1 is 0.975 bits per heavy atom.